The lowest BCUT2D eigenvalue weighted by atomic mass is 10.1. The maximum atomic E-state index is 8.73. The van der Waals surface area contributed by atoms with Crippen molar-refractivity contribution in [3.05, 3.63) is 33.3 Å². The van der Waals surface area contributed by atoms with Crippen LogP contribution >= 0.6 is 27.5 Å². The predicted molar refractivity (Wildman–Crippen MR) is 71.8 cm³/mol. The van der Waals surface area contributed by atoms with Crippen molar-refractivity contribution in [1.29, 1.82) is 0 Å². The van der Waals surface area contributed by atoms with E-state index in [9.17, 15) is 0 Å². The summed E-state index contributed by atoms with van der Waals surface area (Å²) in [6.07, 6.45) is 1.83. The van der Waals surface area contributed by atoms with E-state index in [1.807, 2.05) is 18.2 Å². The molecule has 0 fully saturated rings. The van der Waals surface area contributed by atoms with Crippen LogP contribution in [0.1, 0.15) is 25.3 Å². The topological polar surface area (TPSA) is 32.3 Å². The van der Waals surface area contributed by atoms with Gasteiger partial charge >= 0.3 is 0 Å². The summed E-state index contributed by atoms with van der Waals surface area (Å²) < 4.78 is 1.03. The van der Waals surface area contributed by atoms with Gasteiger partial charge in [0.05, 0.1) is 0 Å². The van der Waals surface area contributed by atoms with Crippen LogP contribution in [-0.4, -0.2) is 17.8 Å². The van der Waals surface area contributed by atoms with Gasteiger partial charge in [-0.2, -0.15) is 0 Å². The van der Waals surface area contributed by atoms with Crippen LogP contribution in [0.15, 0.2) is 22.7 Å². The molecule has 0 bridgehead atoms. The summed E-state index contributed by atoms with van der Waals surface area (Å²) in [7, 11) is 0. The molecular formula is C12H17BrClNO. The summed E-state index contributed by atoms with van der Waals surface area (Å²) >= 11 is 9.36. The number of benzene rings is 1. The third-order valence-corrected chi connectivity index (χ3v) is 3.42. The van der Waals surface area contributed by atoms with Crippen LogP contribution in [0.25, 0.3) is 0 Å². The molecule has 0 aliphatic rings. The smallest absolute Gasteiger partial charge is 0.0431 e. The molecule has 1 aromatic rings. The van der Waals surface area contributed by atoms with Crippen molar-refractivity contribution in [1.82, 2.24) is 5.32 Å². The summed E-state index contributed by atoms with van der Waals surface area (Å²) in [5.41, 5.74) is 1.19. The highest BCUT2D eigenvalue weighted by Gasteiger charge is 2.04. The zero-order chi connectivity index (χ0) is 12.0. The largest absolute Gasteiger partial charge is 0.396 e. The van der Waals surface area contributed by atoms with Crippen LogP contribution in [-0.2, 0) is 6.54 Å². The molecule has 0 radical (unpaired) electrons. The molecule has 0 amide bonds. The summed E-state index contributed by atoms with van der Waals surface area (Å²) in [6.45, 7) is 3.19. The molecule has 0 aliphatic heterocycles. The Hall–Kier alpha value is -0.0900. The van der Waals surface area contributed by atoms with Gasteiger partial charge in [0.15, 0.2) is 0 Å². The minimum Gasteiger partial charge on any atom is -0.396 e. The van der Waals surface area contributed by atoms with E-state index in [1.165, 1.54) is 5.56 Å². The van der Waals surface area contributed by atoms with Gasteiger partial charge in [0.25, 0.3) is 0 Å². The van der Waals surface area contributed by atoms with E-state index in [4.69, 9.17) is 16.7 Å². The van der Waals surface area contributed by atoms with Crippen molar-refractivity contribution in [3.63, 3.8) is 0 Å². The van der Waals surface area contributed by atoms with Gasteiger partial charge in [-0.25, -0.2) is 0 Å². The summed E-state index contributed by atoms with van der Waals surface area (Å²) in [6, 6.07) is 6.21. The van der Waals surface area contributed by atoms with Gasteiger partial charge in [0.2, 0.25) is 0 Å². The zero-order valence-corrected chi connectivity index (χ0v) is 11.7. The first kappa shape index (κ1) is 14.0. The second kappa shape index (κ2) is 7.28. The summed E-state index contributed by atoms with van der Waals surface area (Å²) in [5.74, 6) is 0. The van der Waals surface area contributed by atoms with Gasteiger partial charge < -0.3 is 10.4 Å². The Morgan fingerprint density at radius 1 is 1.50 bits per heavy atom. The number of nitrogens with one attached hydrogen (secondary N) is 1. The highest BCUT2D eigenvalue weighted by molar-refractivity contribution is 9.10. The average Bonchev–Trinajstić information content (AvgIpc) is 2.25. The first-order chi connectivity index (χ1) is 7.63. The van der Waals surface area contributed by atoms with Crippen molar-refractivity contribution < 1.29 is 5.11 Å². The molecule has 1 aromatic carbocycles. The third kappa shape index (κ3) is 4.83. The quantitative estimate of drug-likeness (QED) is 0.845. The summed E-state index contributed by atoms with van der Waals surface area (Å²) in [4.78, 5) is 0. The molecule has 4 heteroatoms. The molecule has 16 heavy (non-hydrogen) atoms. The normalized spacial score (nSPS) is 12.8. The Morgan fingerprint density at radius 3 is 2.88 bits per heavy atom. The predicted octanol–water partition coefficient (Wildman–Crippen LogP) is 3.35. The lowest BCUT2D eigenvalue weighted by Crippen LogP contribution is -2.25. The van der Waals surface area contributed by atoms with E-state index in [0.29, 0.717) is 6.04 Å². The molecule has 1 rings (SSSR count). The molecule has 2 nitrogen and oxygen atoms in total. The molecule has 90 valence electrons. The van der Waals surface area contributed by atoms with Gasteiger partial charge in [-0.1, -0.05) is 33.6 Å². The van der Waals surface area contributed by atoms with Crippen LogP contribution in [0, 0.1) is 0 Å². The Labute approximate surface area is 110 Å². The lowest BCUT2D eigenvalue weighted by Gasteiger charge is -2.14. The van der Waals surface area contributed by atoms with Crippen molar-refractivity contribution in [3.8, 4) is 0 Å². The van der Waals surface area contributed by atoms with Crippen molar-refractivity contribution in [2.24, 2.45) is 0 Å². The fraction of sp³-hybridized carbons (Fsp3) is 0.500. The number of hydrogen-bond donors (Lipinski definition) is 2. The highest BCUT2D eigenvalue weighted by Crippen LogP contribution is 2.21. The van der Waals surface area contributed by atoms with Crippen LogP contribution < -0.4 is 5.32 Å². The first-order valence-corrected chi connectivity index (χ1v) is 6.58. The van der Waals surface area contributed by atoms with Gasteiger partial charge in [-0.05, 0) is 37.5 Å². The zero-order valence-electron chi connectivity index (χ0n) is 9.34. The fourth-order valence-electron chi connectivity index (χ4n) is 1.45. The molecule has 0 heterocycles. The van der Waals surface area contributed by atoms with Crippen molar-refractivity contribution in [2.75, 3.05) is 6.61 Å². The Morgan fingerprint density at radius 2 is 2.25 bits per heavy atom. The average molecular weight is 307 g/mol. The molecule has 0 aliphatic carbocycles. The van der Waals surface area contributed by atoms with Crippen molar-refractivity contribution in [2.45, 2.75) is 32.4 Å². The second-order valence-corrected chi connectivity index (χ2v) is 5.17. The van der Waals surface area contributed by atoms with E-state index in [0.717, 1.165) is 28.9 Å². The Kier molecular flexibility index (Phi) is 6.36. The SMILES string of the molecule is CC(CCCO)NCc1ccc(Cl)cc1Br. The van der Waals surface area contributed by atoms with E-state index >= 15 is 0 Å². The van der Waals surface area contributed by atoms with Crippen LogP contribution in [0.5, 0.6) is 0 Å². The standard InChI is InChI=1S/C12H17BrClNO/c1-9(3-2-6-16)15-8-10-4-5-11(14)7-12(10)13/h4-5,7,9,15-16H,2-3,6,8H2,1H3. The first-order valence-electron chi connectivity index (χ1n) is 5.41. The lowest BCUT2D eigenvalue weighted by molar-refractivity contribution is 0.276. The number of halogens is 2. The van der Waals surface area contributed by atoms with Crippen LogP contribution in [0.2, 0.25) is 5.02 Å². The van der Waals surface area contributed by atoms with Gasteiger partial charge in [-0.3, -0.25) is 0 Å². The molecule has 0 saturated heterocycles. The number of aliphatic hydroxyl groups is 1. The molecule has 2 N–H and O–H groups in total. The summed E-state index contributed by atoms with van der Waals surface area (Å²) in [5, 5.41) is 12.9. The van der Waals surface area contributed by atoms with E-state index in [2.05, 4.69) is 28.2 Å². The minimum atomic E-state index is 0.261. The molecule has 0 spiro atoms. The Balaban J connectivity index is 2.42. The maximum Gasteiger partial charge on any atom is 0.0431 e. The molecule has 1 unspecified atom stereocenters. The van der Waals surface area contributed by atoms with E-state index in [-0.39, 0.29) is 6.61 Å². The monoisotopic (exact) mass is 305 g/mol. The van der Waals surface area contributed by atoms with Gasteiger partial charge in [-0.15, -0.1) is 0 Å². The molecular weight excluding hydrogens is 289 g/mol. The number of aliphatic hydroxyl groups excluding tert-OH is 1. The highest BCUT2D eigenvalue weighted by atomic mass is 79.9. The second-order valence-electron chi connectivity index (χ2n) is 3.88. The van der Waals surface area contributed by atoms with Crippen LogP contribution in [0.4, 0.5) is 0 Å². The molecule has 1 atom stereocenters. The fourth-order valence-corrected chi connectivity index (χ4v) is 2.27. The number of hydrogen-bond acceptors (Lipinski definition) is 2. The number of rotatable bonds is 6. The van der Waals surface area contributed by atoms with Crippen molar-refractivity contribution >= 4 is 27.5 Å². The van der Waals surface area contributed by atoms with Gasteiger partial charge in [0, 0.05) is 28.7 Å². The van der Waals surface area contributed by atoms with E-state index in [1.54, 1.807) is 0 Å². The minimum absolute atomic E-state index is 0.261. The molecule has 0 saturated carbocycles. The Bertz CT molecular complexity index is 333. The van der Waals surface area contributed by atoms with E-state index < -0.39 is 0 Å². The van der Waals surface area contributed by atoms with Crippen LogP contribution in [0.3, 0.4) is 0 Å². The third-order valence-electron chi connectivity index (χ3n) is 2.45. The molecule has 0 aromatic heterocycles. The maximum absolute atomic E-state index is 8.73. The van der Waals surface area contributed by atoms with Gasteiger partial charge in [0.1, 0.15) is 0 Å².